The zero-order chi connectivity index (χ0) is 16.9. The van der Waals surface area contributed by atoms with Gasteiger partial charge in [-0.05, 0) is 49.0 Å². The van der Waals surface area contributed by atoms with Gasteiger partial charge in [-0.1, -0.05) is 0 Å². The Morgan fingerprint density at radius 2 is 2.00 bits per heavy atom. The quantitative estimate of drug-likeness (QED) is 0.611. The molecule has 0 saturated carbocycles. The first kappa shape index (κ1) is 16.8. The van der Waals surface area contributed by atoms with Crippen molar-refractivity contribution in [3.8, 4) is 5.75 Å². The molecule has 0 N–H and O–H groups in total. The molecule has 1 aliphatic heterocycles. The molecular weight excluding hydrogens is 326 g/mol. The summed E-state index contributed by atoms with van der Waals surface area (Å²) < 4.78 is 14.6. The van der Waals surface area contributed by atoms with Crippen LogP contribution in [0.25, 0.3) is 0 Å². The average Bonchev–Trinajstić information content (AvgIpc) is 2.88. The molecule has 1 saturated heterocycles. The van der Waals surface area contributed by atoms with Crippen LogP contribution in [-0.2, 0) is 11.4 Å². The van der Waals surface area contributed by atoms with Crippen LogP contribution in [0.3, 0.4) is 0 Å². The van der Waals surface area contributed by atoms with Crippen LogP contribution in [0.4, 0.5) is 0 Å². The van der Waals surface area contributed by atoms with E-state index in [9.17, 15) is 0 Å². The van der Waals surface area contributed by atoms with Crippen molar-refractivity contribution >= 4 is 18.4 Å². The van der Waals surface area contributed by atoms with Gasteiger partial charge in [0.15, 0.2) is 5.82 Å². The van der Waals surface area contributed by atoms with Crippen LogP contribution in [0, 0.1) is 11.7 Å². The summed E-state index contributed by atoms with van der Waals surface area (Å²) in [6.07, 6.45) is 1.77. The van der Waals surface area contributed by atoms with E-state index in [2.05, 4.69) is 15.1 Å². The fraction of sp³-hybridized carbons (Fsp3) is 0.438. The van der Waals surface area contributed by atoms with Crippen molar-refractivity contribution in [1.82, 2.24) is 19.4 Å². The second kappa shape index (κ2) is 7.69. The minimum atomic E-state index is 0.587. The molecule has 2 heterocycles. The first-order valence-corrected chi connectivity index (χ1v) is 8.23. The summed E-state index contributed by atoms with van der Waals surface area (Å²) in [5.74, 6) is 1.58. The standard InChI is InChI=1S/C16H21N5O2S/c1-13-18-20(12-19-7-9-23-10-8-19)16(24)21(13)17-11-14-3-5-15(22-2)6-4-14/h3-6,11H,7-10,12H2,1-2H3. The number of methoxy groups -OCH3 is 1. The van der Waals surface area contributed by atoms with Crippen molar-refractivity contribution < 1.29 is 9.47 Å². The molecule has 0 aliphatic carbocycles. The Kier molecular flexibility index (Phi) is 5.39. The summed E-state index contributed by atoms with van der Waals surface area (Å²) in [6, 6.07) is 7.68. The van der Waals surface area contributed by atoms with Gasteiger partial charge in [-0.2, -0.15) is 14.9 Å². The van der Waals surface area contributed by atoms with Crippen molar-refractivity contribution in [1.29, 1.82) is 0 Å². The Hall–Kier alpha value is -2.03. The molecule has 1 aromatic carbocycles. The number of aryl methyl sites for hydroxylation is 1. The number of benzene rings is 1. The van der Waals surface area contributed by atoms with Gasteiger partial charge in [-0.3, -0.25) is 4.90 Å². The molecule has 2 aromatic rings. The van der Waals surface area contributed by atoms with Crippen LogP contribution in [0.5, 0.6) is 5.75 Å². The summed E-state index contributed by atoms with van der Waals surface area (Å²) in [5.41, 5.74) is 0.970. The maximum Gasteiger partial charge on any atom is 0.220 e. The Balaban J connectivity index is 1.75. The highest BCUT2D eigenvalue weighted by Crippen LogP contribution is 2.10. The Morgan fingerprint density at radius 3 is 2.67 bits per heavy atom. The number of morpholine rings is 1. The third kappa shape index (κ3) is 3.89. The first-order chi connectivity index (χ1) is 11.7. The minimum absolute atomic E-state index is 0.587. The molecule has 0 amide bonds. The van der Waals surface area contributed by atoms with E-state index in [0.29, 0.717) is 11.4 Å². The van der Waals surface area contributed by atoms with Crippen molar-refractivity contribution in [2.75, 3.05) is 33.4 Å². The molecule has 8 heteroatoms. The molecule has 7 nitrogen and oxygen atoms in total. The average molecular weight is 347 g/mol. The number of aromatic nitrogens is 3. The van der Waals surface area contributed by atoms with Crippen LogP contribution in [-0.4, -0.2) is 59.0 Å². The van der Waals surface area contributed by atoms with Gasteiger partial charge in [-0.25, -0.2) is 4.68 Å². The zero-order valence-electron chi connectivity index (χ0n) is 13.9. The van der Waals surface area contributed by atoms with E-state index in [0.717, 1.165) is 43.4 Å². The van der Waals surface area contributed by atoms with E-state index < -0.39 is 0 Å². The van der Waals surface area contributed by atoms with Crippen molar-refractivity contribution in [3.05, 3.63) is 40.4 Å². The molecule has 0 spiro atoms. The number of hydrogen-bond donors (Lipinski definition) is 0. The molecule has 0 radical (unpaired) electrons. The lowest BCUT2D eigenvalue weighted by Crippen LogP contribution is -2.37. The summed E-state index contributed by atoms with van der Waals surface area (Å²) in [7, 11) is 1.65. The lowest BCUT2D eigenvalue weighted by molar-refractivity contribution is 0.0209. The van der Waals surface area contributed by atoms with Crippen LogP contribution >= 0.6 is 12.2 Å². The topological polar surface area (TPSA) is 56.8 Å². The van der Waals surface area contributed by atoms with Gasteiger partial charge in [0, 0.05) is 13.1 Å². The summed E-state index contributed by atoms with van der Waals surface area (Å²) in [6.45, 7) is 5.85. The normalized spacial score (nSPS) is 15.9. The largest absolute Gasteiger partial charge is 0.497 e. The van der Waals surface area contributed by atoms with Gasteiger partial charge in [0.2, 0.25) is 4.77 Å². The van der Waals surface area contributed by atoms with E-state index in [-0.39, 0.29) is 0 Å². The molecule has 0 atom stereocenters. The molecule has 1 aliphatic rings. The Bertz CT molecular complexity index is 760. The molecule has 1 aromatic heterocycles. The van der Waals surface area contributed by atoms with Crippen LogP contribution < -0.4 is 4.74 Å². The second-order valence-corrected chi connectivity index (χ2v) is 5.90. The molecular formula is C16H21N5O2S. The van der Waals surface area contributed by atoms with E-state index in [1.54, 1.807) is 22.7 Å². The number of rotatable bonds is 5. The lowest BCUT2D eigenvalue weighted by Gasteiger charge is -2.25. The van der Waals surface area contributed by atoms with E-state index >= 15 is 0 Å². The van der Waals surface area contributed by atoms with Crippen LogP contribution in [0.1, 0.15) is 11.4 Å². The van der Waals surface area contributed by atoms with Gasteiger partial charge in [0.1, 0.15) is 5.75 Å². The second-order valence-electron chi connectivity index (χ2n) is 5.53. The lowest BCUT2D eigenvalue weighted by atomic mass is 10.2. The summed E-state index contributed by atoms with van der Waals surface area (Å²) in [5, 5.41) is 8.97. The van der Waals surface area contributed by atoms with E-state index in [1.165, 1.54) is 0 Å². The molecule has 1 fully saturated rings. The molecule has 24 heavy (non-hydrogen) atoms. The van der Waals surface area contributed by atoms with Gasteiger partial charge in [0.05, 0.1) is 33.2 Å². The minimum Gasteiger partial charge on any atom is -0.497 e. The van der Waals surface area contributed by atoms with Crippen LogP contribution in [0.2, 0.25) is 0 Å². The maximum absolute atomic E-state index is 5.51. The van der Waals surface area contributed by atoms with Crippen molar-refractivity contribution in [3.63, 3.8) is 0 Å². The summed E-state index contributed by atoms with van der Waals surface area (Å²) >= 11 is 5.51. The van der Waals surface area contributed by atoms with Gasteiger partial charge >= 0.3 is 0 Å². The van der Waals surface area contributed by atoms with Crippen LogP contribution in [0.15, 0.2) is 29.4 Å². The predicted molar refractivity (Wildman–Crippen MR) is 94.2 cm³/mol. The predicted octanol–water partition coefficient (Wildman–Crippen LogP) is 1.90. The molecule has 0 bridgehead atoms. The zero-order valence-corrected chi connectivity index (χ0v) is 14.7. The number of hydrogen-bond acceptors (Lipinski definition) is 6. The molecule has 128 valence electrons. The SMILES string of the molecule is COc1ccc(C=Nn2c(C)nn(CN3CCOCC3)c2=S)cc1. The Labute approximate surface area is 146 Å². The van der Waals surface area contributed by atoms with Gasteiger partial charge < -0.3 is 9.47 Å². The maximum atomic E-state index is 5.51. The first-order valence-electron chi connectivity index (χ1n) is 7.82. The smallest absolute Gasteiger partial charge is 0.220 e. The number of nitrogens with zero attached hydrogens (tertiary/aromatic N) is 5. The highest BCUT2D eigenvalue weighted by Gasteiger charge is 2.13. The number of ether oxygens (including phenoxy) is 2. The van der Waals surface area contributed by atoms with Crippen molar-refractivity contribution in [2.45, 2.75) is 13.6 Å². The fourth-order valence-electron chi connectivity index (χ4n) is 2.48. The van der Waals surface area contributed by atoms with E-state index in [1.807, 2.05) is 31.2 Å². The highest BCUT2D eigenvalue weighted by molar-refractivity contribution is 7.71. The third-order valence-electron chi connectivity index (χ3n) is 3.85. The van der Waals surface area contributed by atoms with Crippen molar-refractivity contribution in [2.24, 2.45) is 5.10 Å². The Morgan fingerprint density at radius 1 is 1.29 bits per heavy atom. The van der Waals surface area contributed by atoms with Gasteiger partial charge in [0.25, 0.3) is 0 Å². The molecule has 3 rings (SSSR count). The summed E-state index contributed by atoms with van der Waals surface area (Å²) in [4.78, 5) is 2.27. The molecule has 0 unspecified atom stereocenters. The fourth-order valence-corrected chi connectivity index (χ4v) is 2.76. The van der Waals surface area contributed by atoms with Gasteiger partial charge in [-0.15, -0.1) is 0 Å². The highest BCUT2D eigenvalue weighted by atomic mass is 32.1. The van der Waals surface area contributed by atoms with E-state index in [4.69, 9.17) is 21.7 Å². The third-order valence-corrected chi connectivity index (χ3v) is 4.23. The monoisotopic (exact) mass is 347 g/mol.